The zero-order valence-electron chi connectivity index (χ0n) is 17.7. The molecule has 0 spiro atoms. The monoisotopic (exact) mass is 461 g/mol. The number of non-ortho nitro benzene ring substituents is 1. The smallest absolute Gasteiger partial charge is 0.343 e. The van der Waals surface area contributed by atoms with Crippen LogP contribution >= 0.6 is 0 Å². The SMILES string of the molecule is COc1ccc(C(=O)Oc2ccc(/C=C(\C#N)C(=O)Nc3cc([N+](=O)[O-])ccc3F)cc2)cc1. The minimum Gasteiger partial charge on any atom is -0.497 e. The predicted octanol–water partition coefficient (Wildman–Crippen LogP) is 4.51. The van der Waals surface area contributed by atoms with E-state index < -0.39 is 34.0 Å². The number of carbonyl (C=O) groups is 2. The number of nitrogens with zero attached hydrogens (tertiary/aromatic N) is 2. The Morgan fingerprint density at radius 3 is 2.29 bits per heavy atom. The summed E-state index contributed by atoms with van der Waals surface area (Å²) in [5.74, 6) is -1.59. The number of nitriles is 1. The van der Waals surface area contributed by atoms with Gasteiger partial charge in [0, 0.05) is 12.1 Å². The third-order valence-electron chi connectivity index (χ3n) is 4.50. The lowest BCUT2D eigenvalue weighted by Crippen LogP contribution is -2.14. The first kappa shape index (κ1) is 23.6. The minimum atomic E-state index is -0.947. The summed E-state index contributed by atoms with van der Waals surface area (Å²) >= 11 is 0. The number of ether oxygens (including phenoxy) is 2. The largest absolute Gasteiger partial charge is 0.497 e. The third kappa shape index (κ3) is 5.80. The fraction of sp³-hybridized carbons (Fsp3) is 0.0417. The quantitative estimate of drug-likeness (QED) is 0.137. The number of hydrogen-bond acceptors (Lipinski definition) is 7. The molecule has 170 valence electrons. The van der Waals surface area contributed by atoms with E-state index in [9.17, 15) is 29.4 Å². The van der Waals surface area contributed by atoms with Crippen molar-refractivity contribution in [1.29, 1.82) is 5.26 Å². The number of nitro groups is 1. The van der Waals surface area contributed by atoms with Crippen molar-refractivity contribution in [3.05, 3.63) is 99.4 Å². The van der Waals surface area contributed by atoms with Crippen molar-refractivity contribution in [2.45, 2.75) is 0 Å². The van der Waals surface area contributed by atoms with Crippen LogP contribution in [-0.4, -0.2) is 23.9 Å². The molecule has 0 unspecified atom stereocenters. The lowest BCUT2D eigenvalue weighted by Gasteiger charge is -2.07. The molecule has 34 heavy (non-hydrogen) atoms. The molecule has 1 N–H and O–H groups in total. The maximum absolute atomic E-state index is 13.9. The number of hydrogen-bond donors (Lipinski definition) is 1. The van der Waals surface area contributed by atoms with E-state index in [0.29, 0.717) is 16.9 Å². The molecule has 0 atom stereocenters. The Labute approximate surface area is 192 Å². The van der Waals surface area contributed by atoms with Gasteiger partial charge in [0.1, 0.15) is 29.0 Å². The number of nitrogens with one attached hydrogen (secondary N) is 1. The molecule has 3 aromatic carbocycles. The molecule has 3 aromatic rings. The van der Waals surface area contributed by atoms with Gasteiger partial charge < -0.3 is 14.8 Å². The van der Waals surface area contributed by atoms with Crippen molar-refractivity contribution >= 4 is 29.3 Å². The van der Waals surface area contributed by atoms with Crippen LogP contribution in [0.1, 0.15) is 15.9 Å². The number of esters is 1. The van der Waals surface area contributed by atoms with Gasteiger partial charge in [-0.3, -0.25) is 14.9 Å². The van der Waals surface area contributed by atoms with Crippen molar-refractivity contribution in [1.82, 2.24) is 0 Å². The van der Waals surface area contributed by atoms with Crippen LogP contribution in [0.5, 0.6) is 11.5 Å². The summed E-state index contributed by atoms with van der Waals surface area (Å²) in [4.78, 5) is 34.7. The van der Waals surface area contributed by atoms with E-state index in [1.807, 2.05) is 0 Å². The van der Waals surface area contributed by atoms with E-state index >= 15 is 0 Å². The second-order valence-electron chi connectivity index (χ2n) is 6.73. The third-order valence-corrected chi connectivity index (χ3v) is 4.50. The average Bonchev–Trinajstić information content (AvgIpc) is 2.84. The predicted molar refractivity (Wildman–Crippen MR) is 120 cm³/mol. The zero-order chi connectivity index (χ0) is 24.7. The van der Waals surface area contributed by atoms with Crippen LogP contribution in [0.25, 0.3) is 6.08 Å². The Morgan fingerprint density at radius 2 is 1.71 bits per heavy atom. The van der Waals surface area contributed by atoms with Gasteiger partial charge in [-0.05, 0) is 54.1 Å². The summed E-state index contributed by atoms with van der Waals surface area (Å²) in [7, 11) is 1.51. The number of benzene rings is 3. The molecule has 10 heteroatoms. The van der Waals surface area contributed by atoms with Crippen LogP contribution in [0.15, 0.2) is 72.3 Å². The van der Waals surface area contributed by atoms with E-state index in [-0.39, 0.29) is 11.3 Å². The van der Waals surface area contributed by atoms with Gasteiger partial charge in [-0.1, -0.05) is 12.1 Å². The van der Waals surface area contributed by atoms with Crippen molar-refractivity contribution < 1.29 is 28.4 Å². The van der Waals surface area contributed by atoms with Crippen molar-refractivity contribution in [2.75, 3.05) is 12.4 Å². The van der Waals surface area contributed by atoms with E-state index in [1.54, 1.807) is 30.3 Å². The fourth-order valence-corrected chi connectivity index (χ4v) is 2.75. The highest BCUT2D eigenvalue weighted by Crippen LogP contribution is 2.22. The first-order valence-corrected chi connectivity index (χ1v) is 9.64. The first-order chi connectivity index (χ1) is 16.3. The van der Waals surface area contributed by atoms with Gasteiger partial charge in [-0.25, -0.2) is 9.18 Å². The number of nitro benzene ring substituents is 1. The minimum absolute atomic E-state index is 0.236. The highest BCUT2D eigenvalue weighted by Gasteiger charge is 2.16. The number of amides is 1. The van der Waals surface area contributed by atoms with Crippen LogP contribution in [-0.2, 0) is 4.79 Å². The second kappa shape index (κ2) is 10.5. The number of carbonyl (C=O) groups excluding carboxylic acids is 2. The summed E-state index contributed by atoms with van der Waals surface area (Å²) < 4.78 is 24.2. The lowest BCUT2D eigenvalue weighted by atomic mass is 10.1. The van der Waals surface area contributed by atoms with Crippen molar-refractivity contribution in [3.63, 3.8) is 0 Å². The molecule has 0 aliphatic rings. The second-order valence-corrected chi connectivity index (χ2v) is 6.73. The van der Waals surface area contributed by atoms with Gasteiger partial charge in [0.15, 0.2) is 0 Å². The maximum Gasteiger partial charge on any atom is 0.343 e. The summed E-state index contributed by atoms with van der Waals surface area (Å²) in [6, 6.07) is 16.7. The zero-order valence-corrected chi connectivity index (χ0v) is 17.7. The molecule has 3 rings (SSSR count). The molecule has 0 bridgehead atoms. The summed E-state index contributed by atoms with van der Waals surface area (Å²) in [5, 5.41) is 22.3. The molecule has 1 amide bonds. The Hall–Kier alpha value is -5.04. The molecule has 0 aliphatic carbocycles. The molecule has 0 aliphatic heterocycles. The first-order valence-electron chi connectivity index (χ1n) is 9.64. The molecule has 0 aromatic heterocycles. The summed E-state index contributed by atoms with van der Waals surface area (Å²) in [5.41, 5.74) is -0.467. The van der Waals surface area contributed by atoms with Gasteiger partial charge in [0.05, 0.1) is 23.3 Å². The molecular weight excluding hydrogens is 445 g/mol. The van der Waals surface area contributed by atoms with Gasteiger partial charge in [-0.2, -0.15) is 5.26 Å². The van der Waals surface area contributed by atoms with E-state index in [4.69, 9.17) is 9.47 Å². The highest BCUT2D eigenvalue weighted by atomic mass is 19.1. The average molecular weight is 461 g/mol. The Bertz CT molecular complexity index is 1310. The highest BCUT2D eigenvalue weighted by molar-refractivity contribution is 6.09. The van der Waals surface area contributed by atoms with E-state index in [1.165, 1.54) is 37.5 Å². The van der Waals surface area contributed by atoms with Crippen LogP contribution in [0.2, 0.25) is 0 Å². The lowest BCUT2D eigenvalue weighted by molar-refractivity contribution is -0.384. The fourth-order valence-electron chi connectivity index (χ4n) is 2.75. The van der Waals surface area contributed by atoms with Crippen LogP contribution in [0.3, 0.4) is 0 Å². The molecule has 0 saturated carbocycles. The Balaban J connectivity index is 1.71. The van der Waals surface area contributed by atoms with E-state index in [0.717, 1.165) is 18.2 Å². The number of anilines is 1. The van der Waals surface area contributed by atoms with Gasteiger partial charge in [0.2, 0.25) is 0 Å². The standard InChI is InChI=1S/C24H16FN3O6/c1-33-19-9-4-16(5-10-19)24(30)34-20-7-2-15(3-8-20)12-17(14-26)23(29)27-22-13-18(28(31)32)6-11-21(22)25/h2-13H,1H3,(H,27,29)/b17-12+. The number of halogens is 1. The van der Waals surface area contributed by atoms with Crippen LogP contribution in [0.4, 0.5) is 15.8 Å². The van der Waals surface area contributed by atoms with Crippen LogP contribution < -0.4 is 14.8 Å². The molecular formula is C24H16FN3O6. The Morgan fingerprint density at radius 1 is 1.06 bits per heavy atom. The molecule has 0 saturated heterocycles. The summed E-state index contributed by atoms with van der Waals surface area (Å²) in [6.45, 7) is 0. The molecule has 0 radical (unpaired) electrons. The van der Waals surface area contributed by atoms with Crippen molar-refractivity contribution in [3.8, 4) is 17.6 Å². The van der Waals surface area contributed by atoms with Crippen molar-refractivity contribution in [2.24, 2.45) is 0 Å². The number of rotatable bonds is 7. The van der Waals surface area contributed by atoms with Gasteiger partial charge >= 0.3 is 5.97 Å². The van der Waals surface area contributed by atoms with Gasteiger partial charge in [-0.15, -0.1) is 0 Å². The molecule has 0 fully saturated rings. The van der Waals surface area contributed by atoms with Crippen LogP contribution in [0, 0.1) is 27.3 Å². The topological polar surface area (TPSA) is 132 Å². The number of methoxy groups -OCH3 is 1. The maximum atomic E-state index is 13.9. The van der Waals surface area contributed by atoms with Gasteiger partial charge in [0.25, 0.3) is 11.6 Å². The molecule has 0 heterocycles. The molecule has 9 nitrogen and oxygen atoms in total. The summed E-state index contributed by atoms with van der Waals surface area (Å²) in [6.07, 6.45) is 1.24. The Kier molecular flexibility index (Phi) is 7.31. The normalized spacial score (nSPS) is 10.7. The van der Waals surface area contributed by atoms with E-state index in [2.05, 4.69) is 5.32 Å².